The molecule has 1 unspecified atom stereocenters. The summed E-state index contributed by atoms with van der Waals surface area (Å²) in [6.07, 6.45) is 0. The summed E-state index contributed by atoms with van der Waals surface area (Å²) in [5.41, 5.74) is 2.04. The van der Waals surface area contributed by atoms with Gasteiger partial charge in [0.05, 0.1) is 12.8 Å². The standard InChI is InChI=1S/C12H19BrN2O/c1-9(13)7-15(3)8-11-6-12(16-4)5-10(2)14-11/h5-6,9H,7-8H2,1-4H3. The fourth-order valence-electron chi connectivity index (χ4n) is 1.67. The molecule has 0 saturated heterocycles. The maximum Gasteiger partial charge on any atom is 0.122 e. The van der Waals surface area contributed by atoms with Crippen LogP contribution < -0.4 is 4.74 Å². The van der Waals surface area contributed by atoms with Crippen LogP contribution in [0.25, 0.3) is 0 Å². The van der Waals surface area contributed by atoms with Gasteiger partial charge >= 0.3 is 0 Å². The van der Waals surface area contributed by atoms with Crippen LogP contribution in [0, 0.1) is 6.92 Å². The van der Waals surface area contributed by atoms with Crippen molar-refractivity contribution in [2.75, 3.05) is 20.7 Å². The topological polar surface area (TPSA) is 25.4 Å². The van der Waals surface area contributed by atoms with Gasteiger partial charge in [0.25, 0.3) is 0 Å². The lowest BCUT2D eigenvalue weighted by Gasteiger charge is -2.18. The minimum absolute atomic E-state index is 0.490. The monoisotopic (exact) mass is 286 g/mol. The summed E-state index contributed by atoms with van der Waals surface area (Å²) in [6, 6.07) is 3.93. The molecule has 90 valence electrons. The molecule has 0 bridgehead atoms. The van der Waals surface area contributed by atoms with Crippen molar-refractivity contribution < 1.29 is 4.74 Å². The van der Waals surface area contributed by atoms with Crippen molar-refractivity contribution >= 4 is 15.9 Å². The number of nitrogens with zero attached hydrogens (tertiary/aromatic N) is 2. The number of alkyl halides is 1. The summed E-state index contributed by atoms with van der Waals surface area (Å²) in [5, 5.41) is 0. The number of rotatable bonds is 5. The van der Waals surface area contributed by atoms with Gasteiger partial charge in [-0.25, -0.2) is 0 Å². The van der Waals surface area contributed by atoms with E-state index in [2.05, 4.69) is 39.8 Å². The zero-order chi connectivity index (χ0) is 12.1. The SMILES string of the molecule is COc1cc(C)nc(CN(C)CC(C)Br)c1. The Morgan fingerprint density at radius 3 is 2.75 bits per heavy atom. The molecule has 1 aromatic heterocycles. The van der Waals surface area contributed by atoms with Gasteiger partial charge in [0.2, 0.25) is 0 Å². The normalized spacial score (nSPS) is 12.9. The second-order valence-electron chi connectivity index (χ2n) is 4.12. The summed E-state index contributed by atoms with van der Waals surface area (Å²) >= 11 is 3.54. The van der Waals surface area contributed by atoms with Gasteiger partial charge in [0.1, 0.15) is 5.75 Å². The van der Waals surface area contributed by atoms with E-state index in [1.807, 2.05) is 19.1 Å². The van der Waals surface area contributed by atoms with Crippen LogP contribution >= 0.6 is 15.9 Å². The van der Waals surface area contributed by atoms with Crippen molar-refractivity contribution in [2.24, 2.45) is 0 Å². The van der Waals surface area contributed by atoms with E-state index in [9.17, 15) is 0 Å². The zero-order valence-electron chi connectivity index (χ0n) is 10.3. The molecule has 1 rings (SSSR count). The molecule has 0 aliphatic rings. The number of hydrogen-bond acceptors (Lipinski definition) is 3. The first-order chi connectivity index (χ1) is 7.51. The predicted octanol–water partition coefficient (Wildman–Crippen LogP) is 2.61. The van der Waals surface area contributed by atoms with Crippen LogP contribution in [0.2, 0.25) is 0 Å². The molecule has 0 aromatic carbocycles. The summed E-state index contributed by atoms with van der Waals surface area (Å²) in [4.78, 5) is 7.22. The van der Waals surface area contributed by atoms with Crippen molar-refractivity contribution in [3.05, 3.63) is 23.5 Å². The van der Waals surface area contributed by atoms with E-state index in [0.717, 1.165) is 30.2 Å². The van der Waals surface area contributed by atoms with Gasteiger partial charge in [-0.2, -0.15) is 0 Å². The number of hydrogen-bond donors (Lipinski definition) is 0. The highest BCUT2D eigenvalue weighted by molar-refractivity contribution is 9.09. The quantitative estimate of drug-likeness (QED) is 0.778. The second-order valence-corrected chi connectivity index (χ2v) is 5.68. The molecule has 0 saturated carbocycles. The Morgan fingerprint density at radius 2 is 2.19 bits per heavy atom. The van der Waals surface area contributed by atoms with Gasteiger partial charge in [-0.15, -0.1) is 0 Å². The van der Waals surface area contributed by atoms with Gasteiger partial charge in [-0.05, 0) is 14.0 Å². The van der Waals surface area contributed by atoms with Crippen LogP contribution in [-0.4, -0.2) is 35.4 Å². The molecule has 0 radical (unpaired) electrons. The molecule has 1 atom stereocenters. The average Bonchev–Trinajstić information content (AvgIpc) is 2.14. The number of ether oxygens (including phenoxy) is 1. The first kappa shape index (κ1) is 13.5. The van der Waals surface area contributed by atoms with Crippen molar-refractivity contribution in [1.82, 2.24) is 9.88 Å². The van der Waals surface area contributed by atoms with Crippen LogP contribution in [0.5, 0.6) is 5.75 Å². The number of pyridine rings is 1. The molecule has 3 nitrogen and oxygen atoms in total. The Balaban J connectivity index is 2.69. The van der Waals surface area contributed by atoms with Crippen molar-refractivity contribution in [1.29, 1.82) is 0 Å². The van der Waals surface area contributed by atoms with E-state index in [0.29, 0.717) is 4.83 Å². The maximum atomic E-state index is 5.23. The lowest BCUT2D eigenvalue weighted by Crippen LogP contribution is -2.24. The maximum absolute atomic E-state index is 5.23. The first-order valence-corrected chi connectivity index (χ1v) is 6.27. The molecular formula is C12H19BrN2O. The highest BCUT2D eigenvalue weighted by Crippen LogP contribution is 2.14. The van der Waals surface area contributed by atoms with Crippen molar-refractivity contribution in [2.45, 2.75) is 25.2 Å². The number of aromatic nitrogens is 1. The third-order valence-electron chi connectivity index (χ3n) is 2.21. The Kier molecular flexibility index (Phi) is 5.22. The lowest BCUT2D eigenvalue weighted by atomic mass is 10.2. The molecule has 0 fully saturated rings. The fraction of sp³-hybridized carbons (Fsp3) is 0.583. The van der Waals surface area contributed by atoms with Gasteiger partial charge in [0.15, 0.2) is 0 Å². The van der Waals surface area contributed by atoms with E-state index in [4.69, 9.17) is 4.74 Å². The molecular weight excluding hydrogens is 268 g/mol. The van der Waals surface area contributed by atoms with Crippen molar-refractivity contribution in [3.8, 4) is 5.75 Å². The zero-order valence-corrected chi connectivity index (χ0v) is 11.9. The molecule has 1 heterocycles. The molecule has 1 aromatic rings. The van der Waals surface area contributed by atoms with Crippen LogP contribution in [0.15, 0.2) is 12.1 Å². The molecule has 0 amide bonds. The summed E-state index contributed by atoms with van der Waals surface area (Å²) in [5.74, 6) is 0.878. The van der Waals surface area contributed by atoms with E-state index in [-0.39, 0.29) is 0 Å². The third kappa shape index (κ3) is 4.49. The third-order valence-corrected chi connectivity index (χ3v) is 2.50. The smallest absolute Gasteiger partial charge is 0.122 e. The first-order valence-electron chi connectivity index (χ1n) is 5.35. The number of aryl methyl sites for hydroxylation is 1. The number of halogens is 1. The van der Waals surface area contributed by atoms with Gasteiger partial charge in [0, 0.05) is 35.7 Å². The largest absolute Gasteiger partial charge is 0.497 e. The Morgan fingerprint density at radius 1 is 1.50 bits per heavy atom. The Hall–Kier alpha value is -0.610. The molecule has 0 aliphatic heterocycles. The average molecular weight is 287 g/mol. The van der Waals surface area contributed by atoms with Crippen molar-refractivity contribution in [3.63, 3.8) is 0 Å². The van der Waals surface area contributed by atoms with E-state index in [1.54, 1.807) is 7.11 Å². The molecule has 0 aliphatic carbocycles. The fourth-order valence-corrected chi connectivity index (χ4v) is 2.17. The Labute approximate surface area is 106 Å². The minimum Gasteiger partial charge on any atom is -0.497 e. The van der Waals surface area contributed by atoms with Crippen LogP contribution in [0.4, 0.5) is 0 Å². The molecule has 0 spiro atoms. The molecule has 16 heavy (non-hydrogen) atoms. The van der Waals surface area contributed by atoms with E-state index < -0.39 is 0 Å². The molecule has 4 heteroatoms. The summed E-state index contributed by atoms with van der Waals surface area (Å²) in [6.45, 7) is 5.96. The van der Waals surface area contributed by atoms with Gasteiger partial charge in [-0.3, -0.25) is 9.88 Å². The minimum atomic E-state index is 0.490. The van der Waals surface area contributed by atoms with Crippen LogP contribution in [0.3, 0.4) is 0 Å². The number of methoxy groups -OCH3 is 1. The predicted molar refractivity (Wildman–Crippen MR) is 70.2 cm³/mol. The van der Waals surface area contributed by atoms with E-state index >= 15 is 0 Å². The van der Waals surface area contributed by atoms with E-state index in [1.165, 1.54) is 0 Å². The van der Waals surface area contributed by atoms with Crippen LogP contribution in [0.1, 0.15) is 18.3 Å². The van der Waals surface area contributed by atoms with Gasteiger partial charge < -0.3 is 4.74 Å². The highest BCUT2D eigenvalue weighted by Gasteiger charge is 2.06. The summed E-state index contributed by atoms with van der Waals surface area (Å²) < 4.78 is 5.23. The Bertz CT molecular complexity index is 342. The second kappa shape index (κ2) is 6.21. The van der Waals surface area contributed by atoms with Gasteiger partial charge in [-0.1, -0.05) is 22.9 Å². The summed E-state index contributed by atoms with van der Waals surface area (Å²) in [7, 11) is 3.77. The van der Waals surface area contributed by atoms with Crippen LogP contribution in [-0.2, 0) is 6.54 Å². The lowest BCUT2D eigenvalue weighted by molar-refractivity contribution is 0.327. The highest BCUT2D eigenvalue weighted by atomic mass is 79.9. The molecule has 0 N–H and O–H groups in total.